The number of β-amino-alcohol motifs (C(OH)–C–C–N with tert-alkyl or cyclic N) is 2. The average Bonchev–Trinajstić information content (AvgIpc) is 1.65. The number of hydrogen-bond acceptors (Lipinski definition) is 48. The largest absolute Gasteiger partial charge is 0.390 e. The maximum Gasteiger partial charge on any atom is 0.261 e. The SMILES string of the molecule is NC[C@@H]1O[C@H](O[C@@H]2[C@H](O[C@@H]3OC(CSCCOCCSCC(O)CN4C(=O)c5ccc6c7c(ccc(c57)C4=O)C(=O)N(CC(O)CSCCOCCSC[C@H]4O[C@@H](O[C@H]5[C@H](O)[C@@H](N)C[C@@H](N)[C@@H]5O[C@H]5O[C@H](CN)[C@@H](O)[C@H](O)[C@H]5N)[C@H](O)[C@@H]4O[C@H]4O[C@@H](CN)[C@@H](O)[C@H](O)[C@H]4N)C6=O)[C@@H](O[C@@H]4O[C@H](CN)[C@H](O)C(O)[C@H]4N)[C@H]3O)[C@@H](O)[C@@H](N)C[C@@H]2N)[C@@H](N)[C@@H](O)[C@@H]1O. The molecule has 38 N–H and O–H groups in total. The highest BCUT2D eigenvalue weighted by Crippen LogP contribution is 2.42. The van der Waals surface area contributed by atoms with Gasteiger partial charge in [0.2, 0.25) is 0 Å². The number of amides is 4. The predicted molar refractivity (Wildman–Crippen MR) is 440 cm³/mol. The smallest absolute Gasteiger partial charge is 0.261 e. The molecule has 2 saturated carbocycles. The summed E-state index contributed by atoms with van der Waals surface area (Å²) in [6, 6.07) is -3.47. The molecule has 6 saturated heterocycles. The number of nitrogens with zero attached hydrogens (tertiary/aromatic N) is 2. The normalized spacial score (nSPS) is 42.0. The van der Waals surface area contributed by atoms with Crippen LogP contribution < -0.4 is 68.8 Å². The summed E-state index contributed by atoms with van der Waals surface area (Å²) in [5.41, 5.74) is 74.0. The highest BCUT2D eigenvalue weighted by atomic mass is 32.2. The molecule has 2 aliphatic carbocycles. The molecule has 40 atom stereocenters. The molecule has 0 aromatic heterocycles. The Kier molecular flexibility index (Phi) is 35.8. The Labute approximate surface area is 729 Å². The highest BCUT2D eigenvalue weighted by molar-refractivity contribution is 8.00. The third kappa shape index (κ3) is 21.8. The van der Waals surface area contributed by atoms with Gasteiger partial charge in [-0.15, -0.1) is 0 Å². The number of benzene rings is 2. The van der Waals surface area contributed by atoms with E-state index >= 15 is 0 Å². The van der Waals surface area contributed by atoms with Crippen LogP contribution in [0.4, 0.5) is 0 Å². The molecule has 8 fully saturated rings. The van der Waals surface area contributed by atoms with E-state index in [1.807, 2.05) is 0 Å². The summed E-state index contributed by atoms with van der Waals surface area (Å²) >= 11 is 5.24. The van der Waals surface area contributed by atoms with Gasteiger partial charge in [-0.05, 0) is 37.1 Å². The Hall–Kier alpha value is -3.22. The van der Waals surface area contributed by atoms with Gasteiger partial charge in [-0.25, -0.2) is 0 Å². The second-order valence-electron chi connectivity index (χ2n) is 32.5. The first-order chi connectivity index (χ1) is 59.1. The van der Waals surface area contributed by atoms with E-state index in [0.29, 0.717) is 23.0 Å². The standard InChI is InChI=1S/C74H122N14O32S4/c75-15-35-49(93)53(97)43(83)69(109-35)115-59-33(81)13-31(79)47(91)63(59)119-73-57(101)61(117-71-45(85)55(99)51(95)37(17-77)111-71)39(113-73)23-123-11-7-107-5-9-121-21-25(89)19-87-65(103)27-1-2-28-42-30(4-3-29(41(27)42)67(87)105)68(106)88(66(28)104)20-26(90)22-122-10-6-108-8-12-124-24-40-62(118-72-46(86)56(100)52(96)38(18-78)112-72)58(102)74(114-40)120-64-48(92)32(80)14-34(82)60(64)116-70-44(84)54(98)50(94)36(16-76)110-70/h1-4,25-26,31-40,43-64,69-74,89-102H,5-24,75-86H2/t25?,26?,31-,32-,33-,34+,35-,36+,37+,38-,39?,40+,43-,44+,45+,46+,47-,48+,49+,50+,51-,52+,53+,54+,55?,56+,57+,58+,59-,60-,61+,62+,63+,64-,69+,70+,71-,72+,73-,74-/m0/s1. The maximum absolute atomic E-state index is 14.2. The summed E-state index contributed by atoms with van der Waals surface area (Å²) in [7, 11) is 0. The number of carbonyl (C=O) groups excluding carboxylic acids is 4. The van der Waals surface area contributed by atoms with Crippen LogP contribution >= 0.6 is 47.0 Å². The Morgan fingerprint density at radius 2 is 0.589 bits per heavy atom. The van der Waals surface area contributed by atoms with E-state index in [1.165, 1.54) is 71.3 Å². The van der Waals surface area contributed by atoms with E-state index in [9.17, 15) is 90.7 Å². The van der Waals surface area contributed by atoms with Crippen molar-refractivity contribution in [2.24, 2.45) is 68.8 Å². The van der Waals surface area contributed by atoms with E-state index < -0.39 is 281 Å². The Morgan fingerprint density at radius 1 is 0.331 bits per heavy atom. The fourth-order valence-corrected chi connectivity index (χ4v) is 20.2. The number of nitrogens with two attached hydrogens (primary N) is 12. The quantitative estimate of drug-likeness (QED) is 0.0218. The third-order valence-electron chi connectivity index (χ3n) is 23.9. The van der Waals surface area contributed by atoms with Crippen molar-refractivity contribution < 1.29 is 157 Å². The lowest BCUT2D eigenvalue weighted by Gasteiger charge is -2.47. The number of rotatable bonds is 40. The van der Waals surface area contributed by atoms with Crippen LogP contribution in [0.5, 0.6) is 0 Å². The van der Waals surface area contributed by atoms with Gasteiger partial charge in [0.25, 0.3) is 23.6 Å². The first-order valence-electron chi connectivity index (χ1n) is 41.2. The molecule has 10 aliphatic rings. The van der Waals surface area contributed by atoms with Gasteiger partial charge in [0, 0.05) is 129 Å². The van der Waals surface area contributed by atoms with E-state index in [1.54, 1.807) is 0 Å². The van der Waals surface area contributed by atoms with Crippen LogP contribution in [0, 0.1) is 0 Å². The zero-order chi connectivity index (χ0) is 89.7. The van der Waals surface area contributed by atoms with Crippen molar-refractivity contribution >= 4 is 81.4 Å². The van der Waals surface area contributed by atoms with Gasteiger partial charge in [0.15, 0.2) is 37.7 Å². The van der Waals surface area contributed by atoms with Crippen LogP contribution in [0.25, 0.3) is 10.8 Å². The number of thioether (sulfide) groups is 4. The molecule has 8 heterocycles. The lowest BCUT2D eigenvalue weighted by molar-refractivity contribution is -0.306. The fourth-order valence-electron chi connectivity index (χ4n) is 16.8. The fraction of sp³-hybridized carbons (Fsp3) is 0.811. The van der Waals surface area contributed by atoms with Crippen LogP contribution in [0.1, 0.15) is 54.3 Å². The molecular weight excluding hydrogens is 1730 g/mol. The molecule has 2 aromatic carbocycles. The minimum absolute atomic E-state index is 0.0273. The molecule has 12 rings (SSSR count). The minimum Gasteiger partial charge on any atom is -0.390 e. The monoisotopic (exact) mass is 1850 g/mol. The Morgan fingerprint density at radius 3 is 0.871 bits per heavy atom. The van der Waals surface area contributed by atoms with Gasteiger partial charge in [-0.1, -0.05) is 0 Å². The molecule has 124 heavy (non-hydrogen) atoms. The minimum atomic E-state index is -1.65. The summed E-state index contributed by atoms with van der Waals surface area (Å²) in [5.74, 6) is -1.12. The van der Waals surface area contributed by atoms with Crippen molar-refractivity contribution in [3.8, 4) is 0 Å². The Bertz CT molecular complexity index is 3530. The maximum atomic E-state index is 14.2. The second-order valence-corrected chi connectivity index (χ2v) is 37.1. The lowest BCUT2D eigenvalue weighted by Crippen LogP contribution is -2.68. The van der Waals surface area contributed by atoms with E-state index in [0.717, 1.165) is 9.80 Å². The van der Waals surface area contributed by atoms with Crippen molar-refractivity contribution in [2.45, 2.75) is 258 Å². The first kappa shape index (κ1) is 99.8. The van der Waals surface area contributed by atoms with Crippen LogP contribution in [-0.4, -0.2) is 461 Å². The van der Waals surface area contributed by atoms with E-state index in [4.69, 9.17) is 135 Å². The zero-order valence-corrected chi connectivity index (χ0v) is 70.9. The van der Waals surface area contributed by atoms with Crippen molar-refractivity contribution in [2.75, 3.05) is 112 Å². The van der Waals surface area contributed by atoms with Gasteiger partial charge in [-0.2, -0.15) is 47.0 Å². The summed E-state index contributed by atoms with van der Waals surface area (Å²) in [6.07, 6.45) is -43.6. The molecule has 4 amide bonds. The van der Waals surface area contributed by atoms with Crippen molar-refractivity contribution in [1.29, 1.82) is 0 Å². The van der Waals surface area contributed by atoms with E-state index in [-0.39, 0.29) is 121 Å². The van der Waals surface area contributed by atoms with Gasteiger partial charge < -0.3 is 207 Å². The number of carbonyl (C=O) groups is 4. The van der Waals surface area contributed by atoms with Crippen LogP contribution in [0.15, 0.2) is 24.3 Å². The molecule has 0 spiro atoms. The number of aliphatic hydroxyl groups is 14. The molecule has 50 heteroatoms. The summed E-state index contributed by atoms with van der Waals surface area (Å²) in [5, 5.41) is 155. The van der Waals surface area contributed by atoms with E-state index in [2.05, 4.69) is 0 Å². The number of imide groups is 2. The summed E-state index contributed by atoms with van der Waals surface area (Å²) < 4.78 is 85.0. The molecule has 2 aromatic rings. The van der Waals surface area contributed by atoms with Crippen molar-refractivity contribution in [3.63, 3.8) is 0 Å². The number of ether oxygens (including phenoxy) is 14. The molecule has 4 unspecified atom stereocenters. The van der Waals surface area contributed by atoms with Gasteiger partial charge in [0.1, 0.15) is 122 Å². The lowest BCUT2D eigenvalue weighted by atomic mass is 9.84. The highest BCUT2D eigenvalue weighted by Gasteiger charge is 2.58. The predicted octanol–water partition coefficient (Wildman–Crippen LogP) is -14.0. The van der Waals surface area contributed by atoms with Gasteiger partial charge in [-0.3, -0.25) is 29.0 Å². The average molecular weight is 1850 g/mol. The molecule has 0 bridgehead atoms. The molecule has 0 radical (unpaired) electrons. The first-order valence-corrected chi connectivity index (χ1v) is 45.8. The molecule has 8 aliphatic heterocycles. The van der Waals surface area contributed by atoms with Crippen LogP contribution in [0.2, 0.25) is 0 Å². The van der Waals surface area contributed by atoms with Crippen molar-refractivity contribution in [3.05, 3.63) is 46.5 Å². The number of hydrogen-bond donors (Lipinski definition) is 26. The van der Waals surface area contributed by atoms with Gasteiger partial charge in [0.05, 0.1) is 100 Å². The molecule has 46 nitrogen and oxygen atoms in total. The number of aliphatic hydroxyl groups excluding tert-OH is 14. The summed E-state index contributed by atoms with van der Waals surface area (Å²) in [4.78, 5) is 58.5. The third-order valence-corrected chi connectivity index (χ3v) is 28.1. The van der Waals surface area contributed by atoms with Crippen molar-refractivity contribution in [1.82, 2.24) is 9.80 Å². The zero-order valence-electron chi connectivity index (χ0n) is 67.6. The Balaban J connectivity index is 0.571. The molecule has 704 valence electrons. The molecular formula is C74H122N14O32S4. The van der Waals surface area contributed by atoms with Gasteiger partial charge >= 0.3 is 0 Å². The van der Waals surface area contributed by atoms with Crippen LogP contribution in [0.3, 0.4) is 0 Å². The topological polar surface area (TPSA) is 799 Å². The summed E-state index contributed by atoms with van der Waals surface area (Å²) in [6.45, 7) is -0.835. The second kappa shape index (κ2) is 44.5. The van der Waals surface area contributed by atoms with Crippen LogP contribution in [-0.2, 0) is 66.3 Å².